The van der Waals surface area contributed by atoms with Crippen LogP contribution in [-0.2, 0) is 27.1 Å². The van der Waals surface area contributed by atoms with Crippen LogP contribution in [0.1, 0.15) is 23.6 Å². The van der Waals surface area contributed by atoms with E-state index in [1.165, 1.54) is 11.1 Å². The van der Waals surface area contributed by atoms with Gasteiger partial charge >= 0.3 is 5.97 Å². The quantitative estimate of drug-likeness (QED) is 0.612. The summed E-state index contributed by atoms with van der Waals surface area (Å²) in [5, 5.41) is 0. The molecule has 0 saturated carbocycles. The summed E-state index contributed by atoms with van der Waals surface area (Å²) in [4.78, 5) is 11.7. The number of esters is 1. The molecular formula is C16H18O4. The molecule has 1 aromatic carbocycles. The van der Waals surface area contributed by atoms with Crippen LogP contribution >= 0.6 is 0 Å². The predicted molar refractivity (Wildman–Crippen MR) is 74.8 cm³/mol. The van der Waals surface area contributed by atoms with Crippen molar-refractivity contribution in [3.05, 3.63) is 34.9 Å². The Kier molecular flexibility index (Phi) is 3.74. The molecule has 4 heteroatoms. The van der Waals surface area contributed by atoms with E-state index in [4.69, 9.17) is 14.2 Å². The Morgan fingerprint density at radius 3 is 3.10 bits per heavy atom. The summed E-state index contributed by atoms with van der Waals surface area (Å²) in [6.45, 7) is 4.01. The fraction of sp³-hybridized carbons (Fsp3) is 0.438. The molecule has 0 fully saturated rings. The lowest BCUT2D eigenvalue weighted by Crippen LogP contribution is -2.05. The molecule has 0 radical (unpaired) electrons. The van der Waals surface area contributed by atoms with Crippen LogP contribution in [0.3, 0.4) is 0 Å². The second-order valence-electron chi connectivity index (χ2n) is 4.90. The zero-order chi connectivity index (χ0) is 13.9. The highest BCUT2D eigenvalue weighted by atomic mass is 16.5. The molecule has 20 heavy (non-hydrogen) atoms. The van der Waals surface area contributed by atoms with Crippen molar-refractivity contribution in [1.82, 2.24) is 0 Å². The first-order valence-electron chi connectivity index (χ1n) is 7.02. The maximum absolute atomic E-state index is 11.7. The molecule has 2 aliphatic heterocycles. The first kappa shape index (κ1) is 13.2. The molecule has 106 valence electrons. The Bertz CT molecular complexity index is 560. The zero-order valence-electron chi connectivity index (χ0n) is 11.6. The normalized spacial score (nSPS) is 18.9. The average molecular weight is 274 g/mol. The Morgan fingerprint density at radius 2 is 2.25 bits per heavy atom. The third kappa shape index (κ3) is 2.43. The van der Waals surface area contributed by atoms with Crippen molar-refractivity contribution >= 4 is 11.5 Å². The number of fused-ring (bicyclic) bond motifs is 3. The highest BCUT2D eigenvalue weighted by Gasteiger charge is 2.24. The summed E-state index contributed by atoms with van der Waals surface area (Å²) < 4.78 is 16.3. The molecule has 0 N–H and O–H groups in total. The molecule has 0 saturated heterocycles. The van der Waals surface area contributed by atoms with Gasteiger partial charge < -0.3 is 14.2 Å². The van der Waals surface area contributed by atoms with E-state index >= 15 is 0 Å². The largest absolute Gasteiger partial charge is 0.493 e. The topological polar surface area (TPSA) is 44.8 Å². The van der Waals surface area contributed by atoms with Gasteiger partial charge in [0.05, 0.1) is 26.4 Å². The van der Waals surface area contributed by atoms with Crippen LogP contribution in [0.4, 0.5) is 0 Å². The van der Waals surface area contributed by atoms with Crippen LogP contribution in [0.25, 0.3) is 5.57 Å². The van der Waals surface area contributed by atoms with Gasteiger partial charge in [-0.1, -0.05) is 6.07 Å². The van der Waals surface area contributed by atoms with E-state index in [1.807, 2.05) is 6.07 Å². The number of ether oxygens (including phenoxy) is 3. The fourth-order valence-corrected chi connectivity index (χ4v) is 2.81. The summed E-state index contributed by atoms with van der Waals surface area (Å²) >= 11 is 0. The number of carbonyl (C=O) groups is 1. The summed E-state index contributed by atoms with van der Waals surface area (Å²) in [6.07, 6.45) is 3.31. The molecule has 2 aliphatic rings. The minimum absolute atomic E-state index is 0.310. The van der Waals surface area contributed by atoms with Gasteiger partial charge in [0, 0.05) is 18.1 Å². The Balaban J connectivity index is 2.06. The predicted octanol–water partition coefficient (Wildman–Crippen LogP) is 2.14. The van der Waals surface area contributed by atoms with Crippen molar-refractivity contribution in [3.8, 4) is 5.75 Å². The highest BCUT2D eigenvalue weighted by molar-refractivity contribution is 5.93. The van der Waals surface area contributed by atoms with Crippen LogP contribution in [0.5, 0.6) is 5.75 Å². The summed E-state index contributed by atoms with van der Waals surface area (Å²) in [6, 6.07) is 4.10. The molecule has 0 unspecified atom stereocenters. The summed E-state index contributed by atoms with van der Waals surface area (Å²) in [7, 11) is 0. The van der Waals surface area contributed by atoms with E-state index in [0.717, 1.165) is 29.7 Å². The van der Waals surface area contributed by atoms with Gasteiger partial charge in [0.1, 0.15) is 5.75 Å². The van der Waals surface area contributed by atoms with Crippen molar-refractivity contribution in [3.63, 3.8) is 0 Å². The Labute approximate surface area is 118 Å². The minimum Gasteiger partial charge on any atom is -0.493 e. The first-order chi connectivity index (χ1) is 9.79. The monoisotopic (exact) mass is 274 g/mol. The van der Waals surface area contributed by atoms with Crippen molar-refractivity contribution < 1.29 is 19.0 Å². The first-order valence-corrected chi connectivity index (χ1v) is 7.02. The maximum atomic E-state index is 11.7. The number of benzene rings is 1. The van der Waals surface area contributed by atoms with Crippen molar-refractivity contribution in [2.75, 3.05) is 26.4 Å². The number of rotatable bonds is 2. The molecule has 4 nitrogen and oxygen atoms in total. The number of hydrogen-bond donors (Lipinski definition) is 0. The van der Waals surface area contributed by atoms with Crippen molar-refractivity contribution in [1.29, 1.82) is 0 Å². The molecule has 2 heterocycles. The van der Waals surface area contributed by atoms with Gasteiger partial charge in [-0.15, -0.1) is 0 Å². The lowest BCUT2D eigenvalue weighted by molar-refractivity contribution is -0.137. The van der Waals surface area contributed by atoms with Crippen LogP contribution < -0.4 is 4.74 Å². The molecule has 0 aromatic heterocycles. The van der Waals surface area contributed by atoms with Gasteiger partial charge in [-0.25, -0.2) is 4.79 Å². The minimum atomic E-state index is -0.310. The molecule has 0 bridgehead atoms. The third-order valence-electron chi connectivity index (χ3n) is 3.64. The Hall–Kier alpha value is -1.81. The number of carbonyl (C=O) groups excluding carboxylic acids is 1. The number of hydrogen-bond acceptors (Lipinski definition) is 4. The molecule has 0 amide bonds. The molecule has 0 aliphatic carbocycles. The third-order valence-corrected chi connectivity index (χ3v) is 3.64. The smallest absolute Gasteiger partial charge is 0.331 e. The van der Waals surface area contributed by atoms with E-state index in [0.29, 0.717) is 26.4 Å². The van der Waals surface area contributed by atoms with Crippen LogP contribution in [-0.4, -0.2) is 32.4 Å². The van der Waals surface area contributed by atoms with E-state index in [9.17, 15) is 4.79 Å². The SMILES string of the molecule is CCOC(=O)/C=C1\COCCc2ccc3c(c21)CCO3. The Morgan fingerprint density at radius 1 is 1.35 bits per heavy atom. The standard InChI is InChI=1S/C16H18O4/c1-2-19-15(17)9-12-10-18-7-5-11-3-4-14-13(16(11)12)6-8-20-14/h3-4,9H,2,5-8,10H2,1H3/b12-9+. The molecule has 0 atom stereocenters. The van der Waals surface area contributed by atoms with E-state index < -0.39 is 0 Å². The summed E-state index contributed by atoms with van der Waals surface area (Å²) in [5.41, 5.74) is 4.45. The van der Waals surface area contributed by atoms with Gasteiger partial charge in [0.2, 0.25) is 0 Å². The molecule has 3 rings (SSSR count). The lowest BCUT2D eigenvalue weighted by atomic mass is 9.92. The van der Waals surface area contributed by atoms with Crippen LogP contribution in [0, 0.1) is 0 Å². The van der Waals surface area contributed by atoms with Crippen LogP contribution in [0.2, 0.25) is 0 Å². The van der Waals surface area contributed by atoms with Crippen molar-refractivity contribution in [2.24, 2.45) is 0 Å². The fourth-order valence-electron chi connectivity index (χ4n) is 2.81. The zero-order valence-corrected chi connectivity index (χ0v) is 11.6. The van der Waals surface area contributed by atoms with Gasteiger partial charge in [-0.05, 0) is 36.1 Å². The van der Waals surface area contributed by atoms with E-state index in [1.54, 1.807) is 13.0 Å². The summed E-state index contributed by atoms with van der Waals surface area (Å²) in [5.74, 6) is 0.621. The maximum Gasteiger partial charge on any atom is 0.331 e. The van der Waals surface area contributed by atoms with E-state index in [2.05, 4.69) is 6.07 Å². The molecule has 0 spiro atoms. The van der Waals surface area contributed by atoms with Crippen molar-refractivity contribution in [2.45, 2.75) is 19.8 Å². The second-order valence-corrected chi connectivity index (χ2v) is 4.90. The molecule has 1 aromatic rings. The molecular weight excluding hydrogens is 256 g/mol. The van der Waals surface area contributed by atoms with Crippen LogP contribution in [0.15, 0.2) is 18.2 Å². The van der Waals surface area contributed by atoms with Gasteiger partial charge in [0.25, 0.3) is 0 Å². The average Bonchev–Trinajstić information content (AvgIpc) is 2.82. The van der Waals surface area contributed by atoms with Gasteiger partial charge in [0.15, 0.2) is 0 Å². The van der Waals surface area contributed by atoms with Gasteiger partial charge in [-0.2, -0.15) is 0 Å². The second kappa shape index (κ2) is 5.67. The van der Waals surface area contributed by atoms with Gasteiger partial charge in [-0.3, -0.25) is 0 Å². The van der Waals surface area contributed by atoms with E-state index in [-0.39, 0.29) is 5.97 Å². The highest BCUT2D eigenvalue weighted by Crippen LogP contribution is 2.36. The lowest BCUT2D eigenvalue weighted by Gasteiger charge is -2.12.